The molecule has 0 bridgehead atoms. The van der Waals surface area contributed by atoms with Crippen molar-refractivity contribution in [3.05, 3.63) is 0 Å². The van der Waals surface area contributed by atoms with Crippen molar-refractivity contribution >= 4 is 0 Å². The molecule has 0 aromatic heterocycles. The van der Waals surface area contributed by atoms with Crippen LogP contribution in [0, 0.1) is 5.92 Å². The lowest BCUT2D eigenvalue weighted by atomic mass is 9.83. The van der Waals surface area contributed by atoms with Crippen LogP contribution in [-0.2, 0) is 0 Å². The zero-order chi connectivity index (χ0) is 14.6. The van der Waals surface area contributed by atoms with Gasteiger partial charge in [0.15, 0.2) is 0 Å². The molecule has 5 heteroatoms. The average Bonchev–Trinajstić information content (AvgIpc) is 2.45. The van der Waals surface area contributed by atoms with E-state index in [4.69, 9.17) is 0 Å². The van der Waals surface area contributed by atoms with Crippen LogP contribution in [-0.4, -0.2) is 42.8 Å². The highest BCUT2D eigenvalue weighted by Gasteiger charge is 2.38. The molecular weight excluding hydrogens is 265 g/mol. The van der Waals surface area contributed by atoms with Crippen LogP contribution < -0.4 is 5.32 Å². The van der Waals surface area contributed by atoms with Gasteiger partial charge in [0, 0.05) is 12.1 Å². The number of piperidine rings is 1. The van der Waals surface area contributed by atoms with E-state index in [1.165, 1.54) is 6.42 Å². The summed E-state index contributed by atoms with van der Waals surface area (Å²) in [6.07, 6.45) is 2.87. The van der Waals surface area contributed by atoms with Crippen molar-refractivity contribution in [2.45, 2.75) is 70.1 Å². The molecule has 2 fully saturated rings. The fourth-order valence-electron chi connectivity index (χ4n) is 3.79. The van der Waals surface area contributed by atoms with Crippen LogP contribution in [0.15, 0.2) is 0 Å². The number of rotatable bonds is 4. The van der Waals surface area contributed by atoms with E-state index in [-0.39, 0.29) is 12.1 Å². The minimum absolute atomic E-state index is 0.112. The average molecular weight is 292 g/mol. The van der Waals surface area contributed by atoms with Gasteiger partial charge in [0.1, 0.15) is 0 Å². The van der Waals surface area contributed by atoms with E-state index in [1.807, 2.05) is 0 Å². The maximum Gasteiger partial charge on any atom is 0.401 e. The first-order valence-corrected chi connectivity index (χ1v) is 8.03. The standard InChI is InChI=1S/C15H27F3N2/c1-2-12-3-5-13(6-4-12)20(11-15(16,17)18)14-7-9-19-10-8-14/h12-14,19H,2-11H2,1H3. The van der Waals surface area contributed by atoms with Crippen LogP contribution in [0.1, 0.15) is 51.9 Å². The quantitative estimate of drug-likeness (QED) is 0.852. The van der Waals surface area contributed by atoms with E-state index in [9.17, 15) is 13.2 Å². The summed E-state index contributed by atoms with van der Waals surface area (Å²) >= 11 is 0. The minimum Gasteiger partial charge on any atom is -0.317 e. The van der Waals surface area contributed by atoms with Crippen molar-refractivity contribution in [3.63, 3.8) is 0 Å². The predicted octanol–water partition coefficient (Wildman–Crippen LogP) is 3.57. The highest BCUT2D eigenvalue weighted by Crippen LogP contribution is 2.33. The van der Waals surface area contributed by atoms with Gasteiger partial charge in [0.2, 0.25) is 0 Å². The van der Waals surface area contributed by atoms with Crippen LogP contribution >= 0.6 is 0 Å². The van der Waals surface area contributed by atoms with E-state index in [0.717, 1.165) is 57.5 Å². The molecule has 1 aliphatic heterocycles. The molecule has 0 aromatic rings. The van der Waals surface area contributed by atoms with E-state index < -0.39 is 12.7 Å². The van der Waals surface area contributed by atoms with E-state index in [1.54, 1.807) is 4.90 Å². The second-order valence-electron chi connectivity index (χ2n) is 6.35. The number of nitrogens with one attached hydrogen (secondary N) is 1. The van der Waals surface area contributed by atoms with Gasteiger partial charge in [-0.25, -0.2) is 0 Å². The molecule has 1 saturated carbocycles. The number of alkyl halides is 3. The molecule has 1 heterocycles. The van der Waals surface area contributed by atoms with Gasteiger partial charge in [-0.1, -0.05) is 13.3 Å². The summed E-state index contributed by atoms with van der Waals surface area (Å²) in [6.45, 7) is 3.16. The molecular formula is C15H27F3N2. The molecule has 1 N–H and O–H groups in total. The Morgan fingerprint density at radius 1 is 0.950 bits per heavy atom. The van der Waals surface area contributed by atoms with Gasteiger partial charge in [-0.3, -0.25) is 4.90 Å². The molecule has 0 spiro atoms. The van der Waals surface area contributed by atoms with Crippen molar-refractivity contribution in [2.24, 2.45) is 5.92 Å². The molecule has 0 amide bonds. The first-order valence-electron chi connectivity index (χ1n) is 8.03. The zero-order valence-corrected chi connectivity index (χ0v) is 12.4. The van der Waals surface area contributed by atoms with Crippen molar-refractivity contribution < 1.29 is 13.2 Å². The van der Waals surface area contributed by atoms with Crippen molar-refractivity contribution in [1.29, 1.82) is 0 Å². The Morgan fingerprint density at radius 3 is 2.00 bits per heavy atom. The fraction of sp³-hybridized carbons (Fsp3) is 1.00. The summed E-state index contributed by atoms with van der Waals surface area (Å²) in [5, 5.41) is 3.24. The van der Waals surface area contributed by atoms with Crippen molar-refractivity contribution in [3.8, 4) is 0 Å². The van der Waals surface area contributed by atoms with Gasteiger partial charge in [0.25, 0.3) is 0 Å². The lowest BCUT2D eigenvalue weighted by Crippen LogP contribution is -2.52. The number of hydrogen-bond donors (Lipinski definition) is 1. The maximum absolute atomic E-state index is 12.9. The molecule has 118 valence electrons. The first kappa shape index (κ1) is 16.1. The van der Waals surface area contributed by atoms with Gasteiger partial charge in [-0.05, 0) is 57.5 Å². The third-order valence-electron chi connectivity index (χ3n) is 5.00. The van der Waals surface area contributed by atoms with Crippen molar-refractivity contribution in [1.82, 2.24) is 10.2 Å². The monoisotopic (exact) mass is 292 g/mol. The summed E-state index contributed by atoms with van der Waals surface area (Å²) in [5.74, 6) is 0.729. The van der Waals surface area contributed by atoms with Gasteiger partial charge in [-0.2, -0.15) is 13.2 Å². The largest absolute Gasteiger partial charge is 0.401 e. The third-order valence-corrected chi connectivity index (χ3v) is 5.00. The summed E-state index contributed by atoms with van der Waals surface area (Å²) in [6, 6.07) is 0.253. The molecule has 2 rings (SSSR count). The smallest absolute Gasteiger partial charge is 0.317 e. The summed E-state index contributed by atoms with van der Waals surface area (Å²) in [4.78, 5) is 1.78. The highest BCUT2D eigenvalue weighted by molar-refractivity contribution is 4.87. The van der Waals surface area contributed by atoms with Crippen LogP contribution in [0.4, 0.5) is 13.2 Å². The fourth-order valence-corrected chi connectivity index (χ4v) is 3.79. The van der Waals surface area contributed by atoms with Crippen LogP contribution in [0.25, 0.3) is 0 Å². The van der Waals surface area contributed by atoms with E-state index in [2.05, 4.69) is 12.2 Å². The van der Waals surface area contributed by atoms with E-state index >= 15 is 0 Å². The zero-order valence-electron chi connectivity index (χ0n) is 12.4. The molecule has 0 unspecified atom stereocenters. The third kappa shape index (κ3) is 4.62. The Labute approximate surface area is 120 Å². The van der Waals surface area contributed by atoms with Crippen molar-refractivity contribution in [2.75, 3.05) is 19.6 Å². The first-order chi connectivity index (χ1) is 9.49. The van der Waals surface area contributed by atoms with Gasteiger partial charge in [-0.15, -0.1) is 0 Å². The summed E-state index contributed by atoms with van der Waals surface area (Å²) in [7, 11) is 0. The van der Waals surface area contributed by atoms with E-state index in [0.29, 0.717) is 0 Å². The molecule has 0 atom stereocenters. The van der Waals surface area contributed by atoms with Crippen LogP contribution in [0.2, 0.25) is 0 Å². The Morgan fingerprint density at radius 2 is 1.50 bits per heavy atom. The minimum atomic E-state index is -4.08. The topological polar surface area (TPSA) is 15.3 Å². The molecule has 2 aliphatic rings. The molecule has 2 nitrogen and oxygen atoms in total. The Hall–Kier alpha value is -0.290. The second kappa shape index (κ2) is 7.12. The number of halogens is 3. The number of hydrogen-bond acceptors (Lipinski definition) is 2. The highest BCUT2D eigenvalue weighted by atomic mass is 19.4. The predicted molar refractivity (Wildman–Crippen MR) is 74.7 cm³/mol. The molecule has 1 saturated heterocycles. The van der Waals surface area contributed by atoms with Gasteiger partial charge in [0.05, 0.1) is 6.54 Å². The Balaban J connectivity index is 1.98. The second-order valence-corrected chi connectivity index (χ2v) is 6.35. The number of nitrogens with zero attached hydrogens (tertiary/aromatic N) is 1. The molecule has 1 aliphatic carbocycles. The molecule has 0 aromatic carbocycles. The van der Waals surface area contributed by atoms with Crippen LogP contribution in [0.5, 0.6) is 0 Å². The van der Waals surface area contributed by atoms with Gasteiger partial charge >= 0.3 is 6.18 Å². The lowest BCUT2D eigenvalue weighted by molar-refractivity contribution is -0.160. The maximum atomic E-state index is 12.9. The SMILES string of the molecule is CCC1CCC(N(CC(F)(F)F)C2CCNCC2)CC1. The molecule has 0 radical (unpaired) electrons. The summed E-state index contributed by atoms with van der Waals surface area (Å²) in [5.41, 5.74) is 0. The van der Waals surface area contributed by atoms with Crippen LogP contribution in [0.3, 0.4) is 0 Å². The Bertz CT molecular complexity index is 279. The normalized spacial score (nSPS) is 29.9. The van der Waals surface area contributed by atoms with Gasteiger partial charge < -0.3 is 5.32 Å². The summed E-state index contributed by atoms with van der Waals surface area (Å²) < 4.78 is 38.7. The molecule has 20 heavy (non-hydrogen) atoms. The lowest BCUT2D eigenvalue weighted by Gasteiger charge is -2.43. The Kier molecular flexibility index (Phi) is 5.73.